The van der Waals surface area contributed by atoms with E-state index in [1.54, 1.807) is 12.1 Å². The minimum absolute atomic E-state index is 0.226. The van der Waals surface area contributed by atoms with Crippen LogP contribution in [0.3, 0.4) is 0 Å². The van der Waals surface area contributed by atoms with E-state index in [1.165, 1.54) is 51.4 Å². The van der Waals surface area contributed by atoms with Crippen LogP contribution < -0.4 is 5.32 Å². The minimum Gasteiger partial charge on any atom is -0.744 e. The van der Waals surface area contributed by atoms with E-state index in [0.717, 1.165) is 49.9 Å². The summed E-state index contributed by atoms with van der Waals surface area (Å²) >= 11 is 0. The van der Waals surface area contributed by atoms with E-state index in [2.05, 4.69) is 22.5 Å². The van der Waals surface area contributed by atoms with Crippen molar-refractivity contribution in [3.8, 4) is 5.75 Å². The van der Waals surface area contributed by atoms with Gasteiger partial charge in [0.25, 0.3) is 0 Å². The van der Waals surface area contributed by atoms with Gasteiger partial charge in [0.2, 0.25) is 5.91 Å². The average molecular weight is 632 g/mol. The monoisotopic (exact) mass is 631 g/mol. The molecule has 43 heavy (non-hydrogen) atoms. The third kappa shape index (κ3) is 10.1. The van der Waals surface area contributed by atoms with Crippen molar-refractivity contribution in [2.24, 2.45) is 10.2 Å². The Balaban J connectivity index is 1.79. The van der Waals surface area contributed by atoms with Crippen molar-refractivity contribution in [1.29, 1.82) is 0 Å². The quantitative estimate of drug-likeness (QED) is 0.0943. The van der Waals surface area contributed by atoms with Crippen molar-refractivity contribution in [2.75, 3.05) is 5.32 Å². The van der Waals surface area contributed by atoms with E-state index in [9.17, 15) is 35.8 Å². The molecule has 0 spiro atoms. The second-order valence-corrected chi connectivity index (χ2v) is 13.3. The van der Waals surface area contributed by atoms with Crippen molar-refractivity contribution in [3.63, 3.8) is 0 Å². The number of nitrogens with zero attached hydrogens (tertiary/aromatic N) is 2. The van der Waals surface area contributed by atoms with E-state index in [-0.39, 0.29) is 16.5 Å². The van der Waals surface area contributed by atoms with Gasteiger partial charge in [-0.25, -0.2) is 16.8 Å². The Morgan fingerprint density at radius 2 is 1.40 bits per heavy atom. The molecule has 1 amide bonds. The first kappa shape index (κ1) is 34.1. The van der Waals surface area contributed by atoms with Crippen molar-refractivity contribution in [1.82, 2.24) is 0 Å². The summed E-state index contributed by atoms with van der Waals surface area (Å²) in [7, 11) is -10.3. The summed E-state index contributed by atoms with van der Waals surface area (Å²) in [5.74, 6) is -1.51. The van der Waals surface area contributed by atoms with Crippen molar-refractivity contribution in [3.05, 3.63) is 48.0 Å². The fraction of sp³-hybridized carbons (Fsp3) is 0.433. The fourth-order valence-electron chi connectivity index (χ4n) is 4.83. The number of carbonyl (C=O) groups excluding carboxylic acids is 1. The fourth-order valence-corrected chi connectivity index (χ4v) is 6.01. The molecule has 0 unspecified atom stereocenters. The largest absolute Gasteiger partial charge is 0.744 e. The highest BCUT2D eigenvalue weighted by Crippen LogP contribution is 2.45. The molecule has 3 aromatic rings. The number of azo groups is 1. The third-order valence-electron chi connectivity index (χ3n) is 7.01. The number of aromatic hydroxyl groups is 1. The Morgan fingerprint density at radius 1 is 0.814 bits per heavy atom. The second kappa shape index (κ2) is 15.4. The van der Waals surface area contributed by atoms with E-state index in [4.69, 9.17) is 0 Å². The molecule has 2 N–H and O–H groups in total. The molecule has 0 heterocycles. The van der Waals surface area contributed by atoms with Gasteiger partial charge in [-0.05, 0) is 54.1 Å². The number of phenols is 1. The molecule has 3 aromatic carbocycles. The summed E-state index contributed by atoms with van der Waals surface area (Å²) in [4.78, 5) is 9.96. The zero-order chi connectivity index (χ0) is 31.6. The molecule has 13 heteroatoms. The number of hydrogen-bond donors (Lipinski definition) is 2. The lowest BCUT2D eigenvalue weighted by atomic mass is 10.0. The Morgan fingerprint density at radius 3 is 1.93 bits per heavy atom. The summed E-state index contributed by atoms with van der Waals surface area (Å²) in [6.45, 7) is 3.33. The molecule has 0 saturated carbocycles. The predicted octanol–water partition coefficient (Wildman–Crippen LogP) is 7.19. The average Bonchev–Trinajstić information content (AvgIpc) is 2.92. The molecule has 0 bridgehead atoms. The lowest BCUT2D eigenvalue weighted by molar-refractivity contribution is -0.114. The van der Waals surface area contributed by atoms with Gasteiger partial charge >= 0.3 is 0 Å². The molecule has 3 rings (SSSR count). The highest BCUT2D eigenvalue weighted by molar-refractivity contribution is 7.86. The number of anilines is 1. The van der Waals surface area contributed by atoms with Gasteiger partial charge in [-0.3, -0.25) is 4.79 Å². The highest BCUT2D eigenvalue weighted by Gasteiger charge is 2.22. The number of fused-ring (bicyclic) bond motifs is 1. The second-order valence-electron chi connectivity index (χ2n) is 10.5. The summed E-state index contributed by atoms with van der Waals surface area (Å²) in [5.41, 5.74) is 0.440. The van der Waals surface area contributed by atoms with Crippen LogP contribution in [0, 0.1) is 0 Å². The molecule has 0 aliphatic rings. The van der Waals surface area contributed by atoms with Crippen molar-refractivity contribution < 1.29 is 35.8 Å². The Hall–Kier alpha value is -3.39. The van der Waals surface area contributed by atoms with E-state index in [0.29, 0.717) is 5.69 Å². The first-order valence-corrected chi connectivity index (χ1v) is 17.2. The molecule has 0 aliphatic heterocycles. The summed E-state index contributed by atoms with van der Waals surface area (Å²) in [6.07, 6.45) is 13.4. The van der Waals surface area contributed by atoms with E-state index < -0.39 is 47.4 Å². The number of nitrogens with one attached hydrogen (secondary N) is 1. The number of amides is 1. The van der Waals surface area contributed by atoms with Crippen LogP contribution in [0.15, 0.2) is 62.5 Å². The Bertz CT molecular complexity index is 1670. The van der Waals surface area contributed by atoms with Crippen LogP contribution in [0.2, 0.25) is 0 Å². The number of aryl methyl sites for hydroxylation is 1. The first-order valence-electron chi connectivity index (χ1n) is 14.3. The Labute approximate surface area is 252 Å². The summed E-state index contributed by atoms with van der Waals surface area (Å²) < 4.78 is 71.1. The summed E-state index contributed by atoms with van der Waals surface area (Å²) in [6, 6.07) is 9.48. The summed E-state index contributed by atoms with van der Waals surface area (Å²) in [5, 5.41) is 20.6. The van der Waals surface area contributed by atoms with Crippen LogP contribution in [0.25, 0.3) is 10.8 Å². The zero-order valence-electron chi connectivity index (χ0n) is 24.3. The van der Waals surface area contributed by atoms with Gasteiger partial charge in [0.05, 0.1) is 21.2 Å². The van der Waals surface area contributed by atoms with Crippen LogP contribution in [0.5, 0.6) is 5.75 Å². The molecule has 0 radical (unpaired) electrons. The van der Waals surface area contributed by atoms with Crippen LogP contribution in [-0.2, 0) is 31.5 Å². The third-order valence-corrected chi connectivity index (χ3v) is 8.68. The SMILES string of the molecule is CCCCCCCCCCCCc1ccc(N=Nc2c(S(=O)(=O)[O-])cc3cc(S(=O)(=O)[O-])cc(NC(C)=O)c3c2O)cc1. The van der Waals surface area contributed by atoms with Gasteiger partial charge in [-0.1, -0.05) is 76.8 Å². The number of rotatable bonds is 16. The molecular weight excluding hydrogens is 594 g/mol. The van der Waals surface area contributed by atoms with Crippen LogP contribution in [0.4, 0.5) is 17.1 Å². The van der Waals surface area contributed by atoms with Crippen LogP contribution in [-0.4, -0.2) is 37.0 Å². The van der Waals surface area contributed by atoms with Gasteiger partial charge in [-0.2, -0.15) is 5.11 Å². The van der Waals surface area contributed by atoms with Gasteiger partial charge < -0.3 is 19.5 Å². The van der Waals surface area contributed by atoms with E-state index >= 15 is 0 Å². The smallest absolute Gasteiger partial charge is 0.221 e. The van der Waals surface area contributed by atoms with E-state index in [1.807, 2.05) is 12.1 Å². The molecule has 0 aliphatic carbocycles. The maximum absolute atomic E-state index is 12.1. The standard InChI is InChI=1S/C30H39N3O8S2/c1-3-4-5-6-7-8-9-10-11-12-13-22-14-16-24(17-15-22)32-33-29-27(43(39,40)41)19-23-18-25(42(36,37)38)20-26(31-21(2)34)28(23)30(29)35/h14-20,35H,3-13H2,1-2H3,(H,31,34)(H,36,37,38)(H,39,40,41)/p-2. The Kier molecular flexibility index (Phi) is 12.2. The number of hydrogen-bond acceptors (Lipinski definition) is 10. The maximum atomic E-state index is 12.1. The number of unbranched alkanes of at least 4 members (excludes halogenated alkanes) is 9. The van der Waals surface area contributed by atoms with Gasteiger partial charge in [0.1, 0.15) is 25.9 Å². The first-order chi connectivity index (χ1) is 20.3. The van der Waals surface area contributed by atoms with Gasteiger partial charge in [0, 0.05) is 12.3 Å². The highest BCUT2D eigenvalue weighted by atomic mass is 32.2. The number of benzene rings is 3. The molecule has 0 aromatic heterocycles. The minimum atomic E-state index is -5.25. The number of carbonyl (C=O) groups is 1. The molecular formula is C30H37N3O8S2-2. The lowest BCUT2D eigenvalue weighted by Gasteiger charge is -2.18. The molecule has 0 saturated heterocycles. The van der Waals surface area contributed by atoms with Crippen molar-refractivity contribution >= 4 is 54.0 Å². The normalized spacial score (nSPS) is 12.3. The van der Waals surface area contributed by atoms with Crippen molar-refractivity contribution in [2.45, 2.75) is 94.3 Å². The number of phenolic OH excluding ortho intramolecular Hbond substituents is 1. The predicted molar refractivity (Wildman–Crippen MR) is 162 cm³/mol. The zero-order valence-corrected chi connectivity index (χ0v) is 26.0. The maximum Gasteiger partial charge on any atom is 0.221 e. The van der Waals surface area contributed by atoms with Gasteiger partial charge in [0.15, 0.2) is 5.75 Å². The van der Waals surface area contributed by atoms with Crippen LogP contribution >= 0.6 is 0 Å². The lowest BCUT2D eigenvalue weighted by Crippen LogP contribution is -2.09. The molecule has 11 nitrogen and oxygen atoms in total. The molecule has 0 fully saturated rings. The molecule has 0 atom stereocenters. The topological polar surface area (TPSA) is 188 Å². The van der Waals surface area contributed by atoms with Crippen LogP contribution in [0.1, 0.15) is 83.6 Å². The van der Waals surface area contributed by atoms with Gasteiger partial charge in [-0.15, -0.1) is 5.11 Å². The molecule has 234 valence electrons.